The fourth-order valence-electron chi connectivity index (χ4n) is 3.10. The fraction of sp³-hybridized carbons (Fsp3) is 0.280. The van der Waals surface area contributed by atoms with Crippen molar-refractivity contribution in [3.63, 3.8) is 0 Å². The van der Waals surface area contributed by atoms with Crippen molar-refractivity contribution >= 4 is 0 Å². The van der Waals surface area contributed by atoms with Gasteiger partial charge in [-0.15, -0.1) is 0 Å². The van der Waals surface area contributed by atoms with Crippen LogP contribution in [0.25, 0.3) is 0 Å². The first kappa shape index (κ1) is 21.5. The molecule has 0 amide bonds. The summed E-state index contributed by atoms with van der Waals surface area (Å²) >= 11 is 0. The van der Waals surface area contributed by atoms with Gasteiger partial charge in [0, 0.05) is 12.5 Å². The minimum Gasteiger partial charge on any atom is -0.497 e. The molecule has 3 nitrogen and oxygen atoms in total. The van der Waals surface area contributed by atoms with Crippen molar-refractivity contribution in [1.29, 1.82) is 0 Å². The van der Waals surface area contributed by atoms with Crippen LogP contribution in [0.5, 0.6) is 11.5 Å². The second kappa shape index (κ2) is 11.8. The molecule has 0 radical (unpaired) electrons. The topological polar surface area (TPSA) is 44.5 Å². The molecule has 3 aromatic carbocycles. The van der Waals surface area contributed by atoms with Crippen molar-refractivity contribution in [1.82, 2.24) is 0 Å². The molecule has 0 aliphatic carbocycles. The molecule has 0 saturated carbocycles. The van der Waals surface area contributed by atoms with Crippen LogP contribution in [-0.2, 0) is 6.54 Å². The second-order valence-corrected chi connectivity index (χ2v) is 6.58. The molecular weight excluding hydrogens is 346 g/mol. The molecular formula is C25H31NO2. The smallest absolute Gasteiger partial charge is 0.118 e. The molecule has 0 spiro atoms. The SMILES string of the molecule is CCCC(c1ccc(OC)cc1)c1ccc(OC)cc1.NCc1ccccc1. The summed E-state index contributed by atoms with van der Waals surface area (Å²) in [4.78, 5) is 0. The molecule has 0 aliphatic rings. The van der Waals surface area contributed by atoms with E-state index in [0.29, 0.717) is 12.5 Å². The predicted molar refractivity (Wildman–Crippen MR) is 117 cm³/mol. The molecule has 0 atom stereocenters. The third-order valence-electron chi connectivity index (χ3n) is 4.69. The van der Waals surface area contributed by atoms with Gasteiger partial charge in [-0.05, 0) is 47.4 Å². The predicted octanol–water partition coefficient (Wildman–Crippen LogP) is 5.78. The fourth-order valence-corrected chi connectivity index (χ4v) is 3.10. The summed E-state index contributed by atoms with van der Waals surface area (Å²) in [6.45, 7) is 2.86. The molecule has 0 saturated heterocycles. The van der Waals surface area contributed by atoms with E-state index in [0.717, 1.165) is 24.3 Å². The molecule has 0 aromatic heterocycles. The number of nitrogens with two attached hydrogens (primary N) is 1. The quantitative estimate of drug-likeness (QED) is 0.567. The maximum atomic E-state index is 5.35. The van der Waals surface area contributed by atoms with Crippen LogP contribution in [-0.4, -0.2) is 14.2 Å². The van der Waals surface area contributed by atoms with E-state index in [4.69, 9.17) is 15.2 Å². The highest BCUT2D eigenvalue weighted by atomic mass is 16.5. The Balaban J connectivity index is 0.000000292. The van der Waals surface area contributed by atoms with Gasteiger partial charge in [0.2, 0.25) is 0 Å². The monoisotopic (exact) mass is 377 g/mol. The van der Waals surface area contributed by atoms with Gasteiger partial charge in [-0.2, -0.15) is 0 Å². The van der Waals surface area contributed by atoms with Gasteiger partial charge >= 0.3 is 0 Å². The summed E-state index contributed by atoms with van der Waals surface area (Å²) in [6, 6.07) is 26.7. The zero-order valence-electron chi connectivity index (χ0n) is 17.1. The number of rotatable bonds is 7. The summed E-state index contributed by atoms with van der Waals surface area (Å²) in [5.74, 6) is 2.23. The van der Waals surface area contributed by atoms with Crippen LogP contribution in [0.3, 0.4) is 0 Å². The highest BCUT2D eigenvalue weighted by Crippen LogP contribution is 2.31. The molecule has 0 bridgehead atoms. The second-order valence-electron chi connectivity index (χ2n) is 6.58. The van der Waals surface area contributed by atoms with Gasteiger partial charge < -0.3 is 15.2 Å². The van der Waals surface area contributed by atoms with Crippen LogP contribution in [0.2, 0.25) is 0 Å². The van der Waals surface area contributed by atoms with Crippen LogP contribution in [0.15, 0.2) is 78.9 Å². The van der Waals surface area contributed by atoms with Crippen molar-refractivity contribution in [3.05, 3.63) is 95.6 Å². The molecule has 0 unspecified atom stereocenters. The van der Waals surface area contributed by atoms with Crippen LogP contribution in [0, 0.1) is 0 Å². The minimum absolute atomic E-state index is 0.428. The van der Waals surface area contributed by atoms with Gasteiger partial charge in [-0.1, -0.05) is 67.9 Å². The Morgan fingerprint density at radius 3 is 1.50 bits per heavy atom. The zero-order chi connectivity index (χ0) is 20.2. The van der Waals surface area contributed by atoms with Crippen molar-refractivity contribution in [2.45, 2.75) is 32.2 Å². The van der Waals surface area contributed by atoms with Gasteiger partial charge in [-0.25, -0.2) is 0 Å². The van der Waals surface area contributed by atoms with E-state index in [2.05, 4.69) is 31.2 Å². The highest BCUT2D eigenvalue weighted by Gasteiger charge is 2.13. The van der Waals surface area contributed by atoms with E-state index in [9.17, 15) is 0 Å². The van der Waals surface area contributed by atoms with Crippen molar-refractivity contribution in [3.8, 4) is 11.5 Å². The summed E-state index contributed by atoms with van der Waals surface area (Å²) in [6.07, 6.45) is 2.29. The number of hydrogen-bond donors (Lipinski definition) is 1. The first-order valence-corrected chi connectivity index (χ1v) is 9.73. The Bertz CT molecular complexity index is 736. The Kier molecular flexibility index (Phi) is 9.09. The first-order chi connectivity index (χ1) is 13.7. The Labute approximate surface area is 169 Å². The van der Waals surface area contributed by atoms with Gasteiger partial charge in [-0.3, -0.25) is 0 Å². The summed E-state index contributed by atoms with van der Waals surface area (Å²) in [5, 5.41) is 0. The maximum absolute atomic E-state index is 5.35. The third kappa shape index (κ3) is 6.43. The summed E-state index contributed by atoms with van der Waals surface area (Å²) < 4.78 is 10.5. The molecule has 0 heterocycles. The molecule has 2 N–H and O–H groups in total. The van der Waals surface area contributed by atoms with Crippen molar-refractivity contribution in [2.24, 2.45) is 5.73 Å². The molecule has 148 valence electrons. The number of ether oxygens (including phenoxy) is 2. The van der Waals surface area contributed by atoms with Crippen molar-refractivity contribution in [2.75, 3.05) is 14.2 Å². The van der Waals surface area contributed by atoms with E-state index >= 15 is 0 Å². The van der Waals surface area contributed by atoms with E-state index < -0.39 is 0 Å². The average molecular weight is 378 g/mol. The van der Waals surface area contributed by atoms with E-state index in [1.807, 2.05) is 54.6 Å². The Hall–Kier alpha value is -2.78. The lowest BCUT2D eigenvalue weighted by Crippen LogP contribution is -2.01. The van der Waals surface area contributed by atoms with Crippen LogP contribution < -0.4 is 15.2 Å². The van der Waals surface area contributed by atoms with Gasteiger partial charge in [0.15, 0.2) is 0 Å². The Morgan fingerprint density at radius 2 is 1.18 bits per heavy atom. The van der Waals surface area contributed by atoms with Crippen LogP contribution in [0.4, 0.5) is 0 Å². The van der Waals surface area contributed by atoms with Gasteiger partial charge in [0.25, 0.3) is 0 Å². The van der Waals surface area contributed by atoms with Crippen LogP contribution in [0.1, 0.15) is 42.4 Å². The normalized spacial score (nSPS) is 10.2. The van der Waals surface area contributed by atoms with E-state index in [-0.39, 0.29) is 0 Å². The third-order valence-corrected chi connectivity index (χ3v) is 4.69. The molecule has 28 heavy (non-hydrogen) atoms. The molecule has 3 heteroatoms. The first-order valence-electron chi connectivity index (χ1n) is 9.73. The van der Waals surface area contributed by atoms with E-state index in [1.54, 1.807) is 14.2 Å². The molecule has 0 fully saturated rings. The maximum Gasteiger partial charge on any atom is 0.118 e. The number of methoxy groups -OCH3 is 2. The van der Waals surface area contributed by atoms with Gasteiger partial charge in [0.05, 0.1) is 14.2 Å². The lowest BCUT2D eigenvalue weighted by molar-refractivity contribution is 0.414. The van der Waals surface area contributed by atoms with Crippen molar-refractivity contribution < 1.29 is 9.47 Å². The number of benzene rings is 3. The largest absolute Gasteiger partial charge is 0.497 e. The zero-order valence-corrected chi connectivity index (χ0v) is 17.1. The molecule has 0 aliphatic heterocycles. The lowest BCUT2D eigenvalue weighted by atomic mass is 9.87. The molecule has 3 rings (SSSR count). The number of hydrogen-bond acceptors (Lipinski definition) is 3. The minimum atomic E-state index is 0.428. The van der Waals surface area contributed by atoms with E-state index in [1.165, 1.54) is 16.7 Å². The Morgan fingerprint density at radius 1 is 0.714 bits per heavy atom. The van der Waals surface area contributed by atoms with Crippen LogP contribution >= 0.6 is 0 Å². The summed E-state index contributed by atoms with van der Waals surface area (Å²) in [5.41, 5.74) is 9.20. The highest BCUT2D eigenvalue weighted by molar-refractivity contribution is 5.38. The standard InChI is InChI=1S/C18H22O2.C7H9N/c1-4-5-18(14-6-10-16(19-2)11-7-14)15-8-12-17(20-3)13-9-15;8-6-7-4-2-1-3-5-7/h6-13,18H,4-5H2,1-3H3;1-5H,6,8H2. The summed E-state index contributed by atoms with van der Waals surface area (Å²) in [7, 11) is 3.39. The van der Waals surface area contributed by atoms with Gasteiger partial charge in [0.1, 0.15) is 11.5 Å². The lowest BCUT2D eigenvalue weighted by Gasteiger charge is -2.18. The average Bonchev–Trinajstić information content (AvgIpc) is 2.78. The molecule has 3 aromatic rings.